The second kappa shape index (κ2) is 6.76. The Morgan fingerprint density at radius 3 is 2.75 bits per heavy atom. The van der Waals surface area contributed by atoms with Gasteiger partial charge < -0.3 is 10.1 Å². The predicted octanol–water partition coefficient (Wildman–Crippen LogP) is 0.444. The van der Waals surface area contributed by atoms with Crippen LogP contribution in [0.5, 0.6) is 0 Å². The number of hydrogen-bond donors (Lipinski definition) is 1. The molecule has 1 heterocycles. The molecule has 1 N–H and O–H groups in total. The van der Waals surface area contributed by atoms with Crippen LogP contribution in [-0.4, -0.2) is 33.2 Å². The van der Waals surface area contributed by atoms with E-state index in [0.29, 0.717) is 19.0 Å². The predicted molar refractivity (Wildman–Crippen MR) is 71.6 cm³/mol. The van der Waals surface area contributed by atoms with Gasteiger partial charge in [0.25, 0.3) is 0 Å². The van der Waals surface area contributed by atoms with Gasteiger partial charge in [-0.25, -0.2) is 4.68 Å². The maximum atomic E-state index is 11.8. The number of nitrogens with zero attached hydrogens (tertiary/aromatic N) is 4. The Morgan fingerprint density at radius 1 is 1.35 bits per heavy atom. The molecule has 0 radical (unpaired) electrons. The van der Waals surface area contributed by atoms with Gasteiger partial charge >= 0.3 is 0 Å². The lowest BCUT2D eigenvalue weighted by Gasteiger charge is -2.10. The molecule has 7 nitrogen and oxygen atoms in total. The Balaban J connectivity index is 1.92. The maximum absolute atomic E-state index is 11.8. The van der Waals surface area contributed by atoms with Gasteiger partial charge in [0.1, 0.15) is 12.4 Å². The molecule has 2 aromatic rings. The number of hydrogen-bond acceptors (Lipinski definition) is 5. The second-order valence-electron chi connectivity index (χ2n) is 4.36. The summed E-state index contributed by atoms with van der Waals surface area (Å²) in [6, 6.07) is 7.84. The van der Waals surface area contributed by atoms with Crippen molar-refractivity contribution in [3.05, 3.63) is 41.2 Å². The van der Waals surface area contributed by atoms with Gasteiger partial charge in [-0.05, 0) is 28.5 Å². The van der Waals surface area contributed by atoms with Gasteiger partial charge in [-0.15, -0.1) is 5.10 Å². The molecule has 0 aliphatic rings. The van der Waals surface area contributed by atoms with Crippen LogP contribution in [0.1, 0.15) is 17.0 Å². The van der Waals surface area contributed by atoms with E-state index in [9.17, 15) is 4.79 Å². The number of carbonyl (C=O) groups is 1. The zero-order valence-electron chi connectivity index (χ0n) is 11.5. The number of nitrogens with one attached hydrogen (secondary N) is 1. The molecule has 0 saturated carbocycles. The van der Waals surface area contributed by atoms with Crippen LogP contribution in [0.25, 0.3) is 0 Å². The Bertz CT molecular complexity index is 582. The van der Waals surface area contributed by atoms with Crippen molar-refractivity contribution in [1.82, 2.24) is 25.5 Å². The number of rotatable bonds is 6. The third-order valence-electron chi connectivity index (χ3n) is 2.90. The minimum Gasteiger partial charge on any atom is -0.380 e. The maximum Gasteiger partial charge on any atom is 0.242 e. The van der Waals surface area contributed by atoms with Crippen molar-refractivity contribution in [2.75, 3.05) is 7.11 Å². The van der Waals surface area contributed by atoms with Crippen molar-refractivity contribution in [2.45, 2.75) is 26.6 Å². The lowest BCUT2D eigenvalue weighted by atomic mass is 10.1. The number of benzene rings is 1. The van der Waals surface area contributed by atoms with Gasteiger partial charge in [-0.1, -0.05) is 24.3 Å². The van der Waals surface area contributed by atoms with Crippen molar-refractivity contribution in [1.29, 1.82) is 0 Å². The fraction of sp³-hybridized carbons (Fsp3) is 0.385. The summed E-state index contributed by atoms with van der Waals surface area (Å²) in [5, 5.41) is 13.8. The molecule has 0 spiro atoms. The molecule has 0 aliphatic heterocycles. The van der Waals surface area contributed by atoms with Crippen LogP contribution in [0.4, 0.5) is 0 Å². The molecule has 20 heavy (non-hydrogen) atoms. The second-order valence-corrected chi connectivity index (χ2v) is 4.36. The SMILES string of the molecule is COCc1ccccc1CNC(=O)Cn1nnnc1C. The highest BCUT2D eigenvalue weighted by Crippen LogP contribution is 2.09. The summed E-state index contributed by atoms with van der Waals surface area (Å²) in [6.45, 7) is 2.85. The van der Waals surface area contributed by atoms with Gasteiger partial charge in [-0.2, -0.15) is 0 Å². The minimum absolute atomic E-state index is 0.116. The van der Waals surface area contributed by atoms with Crippen molar-refractivity contribution in [2.24, 2.45) is 0 Å². The molecule has 0 saturated heterocycles. The summed E-state index contributed by atoms with van der Waals surface area (Å²) in [4.78, 5) is 11.8. The van der Waals surface area contributed by atoms with Crippen molar-refractivity contribution >= 4 is 5.91 Å². The molecule has 2 rings (SSSR count). The standard InChI is InChI=1S/C13H17N5O2/c1-10-15-16-17-18(10)8-13(19)14-7-11-5-3-4-6-12(11)9-20-2/h3-6H,7-9H2,1-2H3,(H,14,19). The first-order valence-electron chi connectivity index (χ1n) is 6.26. The normalized spacial score (nSPS) is 10.5. The average Bonchev–Trinajstić information content (AvgIpc) is 2.84. The highest BCUT2D eigenvalue weighted by molar-refractivity contribution is 5.75. The average molecular weight is 275 g/mol. The first kappa shape index (κ1) is 14.1. The van der Waals surface area contributed by atoms with Gasteiger partial charge in [0.15, 0.2) is 0 Å². The molecular weight excluding hydrogens is 258 g/mol. The topological polar surface area (TPSA) is 81.9 Å². The van der Waals surface area contributed by atoms with E-state index in [-0.39, 0.29) is 12.5 Å². The monoisotopic (exact) mass is 275 g/mol. The Morgan fingerprint density at radius 2 is 2.10 bits per heavy atom. The number of amides is 1. The van der Waals surface area contributed by atoms with Crippen LogP contribution in [0, 0.1) is 6.92 Å². The van der Waals surface area contributed by atoms with Gasteiger partial charge in [0, 0.05) is 13.7 Å². The number of ether oxygens (including phenoxy) is 1. The molecule has 106 valence electrons. The minimum atomic E-state index is -0.132. The van der Waals surface area contributed by atoms with Crippen LogP contribution >= 0.6 is 0 Å². The molecule has 0 atom stereocenters. The molecule has 0 unspecified atom stereocenters. The van der Waals surface area contributed by atoms with Crippen molar-refractivity contribution in [3.8, 4) is 0 Å². The van der Waals surface area contributed by atoms with Gasteiger partial charge in [0.05, 0.1) is 6.61 Å². The first-order chi connectivity index (χ1) is 9.70. The van der Waals surface area contributed by atoms with Crippen molar-refractivity contribution in [3.63, 3.8) is 0 Å². The molecule has 0 bridgehead atoms. The van der Waals surface area contributed by atoms with Crippen LogP contribution < -0.4 is 5.32 Å². The summed E-state index contributed by atoms with van der Waals surface area (Å²) < 4.78 is 6.59. The Hall–Kier alpha value is -2.28. The van der Waals surface area contributed by atoms with Gasteiger partial charge in [0.2, 0.25) is 5.91 Å². The number of aryl methyl sites for hydroxylation is 1. The smallest absolute Gasteiger partial charge is 0.242 e. The summed E-state index contributed by atoms with van der Waals surface area (Å²) >= 11 is 0. The van der Waals surface area contributed by atoms with E-state index < -0.39 is 0 Å². The number of carbonyl (C=O) groups excluding carboxylic acids is 1. The summed E-state index contributed by atoms with van der Waals surface area (Å²) in [5.41, 5.74) is 2.10. The van der Waals surface area contributed by atoms with Crippen LogP contribution in [0.3, 0.4) is 0 Å². The zero-order chi connectivity index (χ0) is 14.4. The van der Waals surface area contributed by atoms with E-state index >= 15 is 0 Å². The summed E-state index contributed by atoms with van der Waals surface area (Å²) in [6.07, 6.45) is 0. The van der Waals surface area contributed by atoms with E-state index in [4.69, 9.17) is 4.74 Å². The third kappa shape index (κ3) is 3.61. The summed E-state index contributed by atoms with van der Waals surface area (Å²) in [7, 11) is 1.65. The molecule has 0 aliphatic carbocycles. The molecular formula is C13H17N5O2. The lowest BCUT2D eigenvalue weighted by Crippen LogP contribution is -2.28. The zero-order valence-corrected chi connectivity index (χ0v) is 11.5. The van der Waals surface area contributed by atoms with E-state index in [0.717, 1.165) is 11.1 Å². The molecule has 1 aromatic carbocycles. The van der Waals surface area contributed by atoms with E-state index in [1.54, 1.807) is 14.0 Å². The first-order valence-corrected chi connectivity index (χ1v) is 6.26. The quantitative estimate of drug-likeness (QED) is 0.827. The fourth-order valence-electron chi connectivity index (χ4n) is 1.81. The highest BCUT2D eigenvalue weighted by atomic mass is 16.5. The highest BCUT2D eigenvalue weighted by Gasteiger charge is 2.08. The van der Waals surface area contributed by atoms with E-state index in [1.807, 2.05) is 24.3 Å². The molecule has 0 fully saturated rings. The molecule has 7 heteroatoms. The lowest BCUT2D eigenvalue weighted by molar-refractivity contribution is -0.122. The fourth-order valence-corrected chi connectivity index (χ4v) is 1.81. The Labute approximate surface area is 116 Å². The largest absolute Gasteiger partial charge is 0.380 e. The third-order valence-corrected chi connectivity index (χ3v) is 2.90. The Kier molecular flexibility index (Phi) is 4.78. The number of tetrazole rings is 1. The van der Waals surface area contributed by atoms with E-state index in [1.165, 1.54) is 4.68 Å². The van der Waals surface area contributed by atoms with Crippen LogP contribution in [0.2, 0.25) is 0 Å². The number of aromatic nitrogens is 4. The molecule has 1 aromatic heterocycles. The molecule has 1 amide bonds. The van der Waals surface area contributed by atoms with E-state index in [2.05, 4.69) is 20.8 Å². The number of methoxy groups -OCH3 is 1. The van der Waals surface area contributed by atoms with Crippen LogP contribution in [-0.2, 0) is 29.2 Å². The van der Waals surface area contributed by atoms with Crippen LogP contribution in [0.15, 0.2) is 24.3 Å². The summed E-state index contributed by atoms with van der Waals surface area (Å²) in [5.74, 6) is 0.479. The van der Waals surface area contributed by atoms with Gasteiger partial charge in [-0.3, -0.25) is 4.79 Å². The van der Waals surface area contributed by atoms with Crippen molar-refractivity contribution < 1.29 is 9.53 Å².